The largest absolute Gasteiger partial charge is 0.352 e. The summed E-state index contributed by atoms with van der Waals surface area (Å²) in [5.74, 6) is 1.32. The molecule has 3 rings (SSSR count). The van der Waals surface area contributed by atoms with Crippen molar-refractivity contribution in [2.75, 3.05) is 38.1 Å². The van der Waals surface area contributed by atoms with Crippen LogP contribution in [0.2, 0.25) is 0 Å². The van der Waals surface area contributed by atoms with Crippen molar-refractivity contribution in [3.8, 4) is 0 Å². The summed E-state index contributed by atoms with van der Waals surface area (Å²) in [6, 6.07) is 6.94. The molecule has 1 N–H and O–H groups in total. The summed E-state index contributed by atoms with van der Waals surface area (Å²) in [4.78, 5) is 17.3. The normalized spacial score (nSPS) is 14.8. The lowest BCUT2D eigenvalue weighted by molar-refractivity contribution is 0.370. The maximum Gasteiger partial charge on any atom is 0.225 e. The van der Waals surface area contributed by atoms with Gasteiger partial charge in [-0.25, -0.2) is 14.4 Å². The van der Waals surface area contributed by atoms with Gasteiger partial charge in [-0.2, -0.15) is 0 Å². The van der Waals surface area contributed by atoms with Crippen LogP contribution in [0.3, 0.4) is 0 Å². The molecule has 0 radical (unpaired) electrons. The maximum atomic E-state index is 13.6. The summed E-state index contributed by atoms with van der Waals surface area (Å²) in [6.07, 6.45) is 3.51. The van der Waals surface area contributed by atoms with E-state index in [-0.39, 0.29) is 29.8 Å². The first-order valence-electron chi connectivity index (χ1n) is 8.09. The third-order valence-electron chi connectivity index (χ3n) is 4.06. The van der Waals surface area contributed by atoms with Crippen molar-refractivity contribution in [1.29, 1.82) is 0 Å². The number of piperazine rings is 1. The number of hydrogen-bond donors (Lipinski definition) is 1. The van der Waals surface area contributed by atoms with Crippen molar-refractivity contribution in [2.45, 2.75) is 6.54 Å². The van der Waals surface area contributed by atoms with E-state index in [4.69, 9.17) is 0 Å². The molecule has 1 fully saturated rings. The van der Waals surface area contributed by atoms with Gasteiger partial charge in [0.1, 0.15) is 5.82 Å². The average Bonchev–Trinajstić information content (AvgIpc) is 2.66. The predicted octanol–water partition coefficient (Wildman–Crippen LogP) is 2.89. The minimum Gasteiger partial charge on any atom is -0.352 e. The third-order valence-corrected chi connectivity index (χ3v) is 4.70. The van der Waals surface area contributed by atoms with Crippen molar-refractivity contribution < 1.29 is 4.39 Å². The molecule has 0 spiro atoms. The fourth-order valence-electron chi connectivity index (χ4n) is 2.74. The molecule has 0 unspecified atom stereocenters. The molecule has 26 heavy (non-hydrogen) atoms. The van der Waals surface area contributed by atoms with Gasteiger partial charge in [0, 0.05) is 52.2 Å². The minimum absolute atomic E-state index is 0. The van der Waals surface area contributed by atoms with Gasteiger partial charge in [-0.15, -0.1) is 24.0 Å². The van der Waals surface area contributed by atoms with Crippen LogP contribution in [0.4, 0.5) is 10.3 Å². The Labute approximate surface area is 178 Å². The van der Waals surface area contributed by atoms with Crippen LogP contribution in [0.25, 0.3) is 0 Å². The van der Waals surface area contributed by atoms with Gasteiger partial charge in [0.15, 0.2) is 5.96 Å². The molecule has 1 saturated heterocycles. The first-order valence-corrected chi connectivity index (χ1v) is 8.88. The Morgan fingerprint density at radius 2 is 1.92 bits per heavy atom. The number of aliphatic imine (C=N–C) groups is 1. The monoisotopic (exact) mass is 534 g/mol. The van der Waals surface area contributed by atoms with Gasteiger partial charge in [-0.3, -0.25) is 4.99 Å². The van der Waals surface area contributed by atoms with Crippen molar-refractivity contribution in [3.63, 3.8) is 0 Å². The van der Waals surface area contributed by atoms with Crippen LogP contribution in [0, 0.1) is 5.82 Å². The van der Waals surface area contributed by atoms with Crippen LogP contribution in [0.5, 0.6) is 0 Å². The van der Waals surface area contributed by atoms with Crippen LogP contribution in [-0.2, 0) is 6.54 Å². The van der Waals surface area contributed by atoms with Crippen molar-refractivity contribution >= 4 is 51.8 Å². The van der Waals surface area contributed by atoms with Crippen LogP contribution in [0.1, 0.15) is 5.56 Å². The number of benzene rings is 1. The number of hydrogen-bond acceptors (Lipinski definition) is 4. The van der Waals surface area contributed by atoms with Crippen LogP contribution in [0.15, 0.2) is 46.1 Å². The minimum atomic E-state index is -0.259. The van der Waals surface area contributed by atoms with E-state index in [1.165, 1.54) is 6.07 Å². The van der Waals surface area contributed by atoms with Gasteiger partial charge < -0.3 is 15.1 Å². The van der Waals surface area contributed by atoms with Gasteiger partial charge in [-0.05, 0) is 39.7 Å². The highest BCUT2D eigenvalue weighted by Crippen LogP contribution is 2.16. The maximum absolute atomic E-state index is 13.6. The number of guanidine groups is 1. The molecule has 0 bridgehead atoms. The van der Waals surface area contributed by atoms with E-state index in [1.807, 2.05) is 12.1 Å². The highest BCUT2D eigenvalue weighted by molar-refractivity contribution is 14.0. The Morgan fingerprint density at radius 3 is 2.54 bits per heavy atom. The second kappa shape index (κ2) is 10.0. The summed E-state index contributed by atoms with van der Waals surface area (Å²) in [5.41, 5.74) is 0.873. The molecule has 1 aliphatic heterocycles. The molecule has 2 heterocycles. The zero-order valence-electron chi connectivity index (χ0n) is 14.4. The summed E-state index contributed by atoms with van der Waals surface area (Å²) in [6.45, 7) is 3.84. The Bertz CT molecular complexity index is 737. The van der Waals surface area contributed by atoms with Crippen molar-refractivity contribution in [3.05, 3.63) is 52.5 Å². The summed E-state index contributed by atoms with van der Waals surface area (Å²) in [5, 5.41) is 3.30. The first-order chi connectivity index (χ1) is 12.2. The second-order valence-corrected chi connectivity index (χ2v) is 6.53. The van der Waals surface area contributed by atoms with Gasteiger partial charge in [0.25, 0.3) is 0 Å². The van der Waals surface area contributed by atoms with E-state index in [9.17, 15) is 4.39 Å². The summed E-state index contributed by atoms with van der Waals surface area (Å²) >= 11 is 3.17. The smallest absolute Gasteiger partial charge is 0.225 e. The molecule has 2 aromatic rings. The fraction of sp³-hybridized carbons (Fsp3) is 0.353. The lowest BCUT2D eigenvalue weighted by Crippen LogP contribution is -2.52. The number of nitrogens with zero attached hydrogens (tertiary/aromatic N) is 5. The highest BCUT2D eigenvalue weighted by Gasteiger charge is 2.21. The molecule has 0 saturated carbocycles. The second-order valence-electron chi connectivity index (χ2n) is 5.67. The zero-order valence-corrected chi connectivity index (χ0v) is 18.3. The Kier molecular flexibility index (Phi) is 8.01. The van der Waals surface area contributed by atoms with Gasteiger partial charge >= 0.3 is 0 Å². The molecular weight excluding hydrogens is 514 g/mol. The van der Waals surface area contributed by atoms with E-state index in [1.54, 1.807) is 25.5 Å². The number of aromatic nitrogens is 2. The molecule has 1 aromatic heterocycles. The number of rotatable bonds is 3. The average molecular weight is 535 g/mol. The molecule has 0 atom stereocenters. The predicted molar refractivity (Wildman–Crippen MR) is 116 cm³/mol. The molecule has 1 aromatic carbocycles. The Balaban J connectivity index is 0.00000243. The molecule has 9 heteroatoms. The molecular formula is C17H21BrFIN6. The standard InChI is InChI=1S/C17H20BrFN6.HI/c1-20-16(23-12-13-3-4-14(18)15(19)11-13)24-7-9-25(10-8-24)17-21-5-2-6-22-17;/h2-6,11H,7-10,12H2,1H3,(H,20,23);1H. The summed E-state index contributed by atoms with van der Waals surface area (Å²) < 4.78 is 14.1. The van der Waals surface area contributed by atoms with Crippen LogP contribution < -0.4 is 10.2 Å². The summed E-state index contributed by atoms with van der Waals surface area (Å²) in [7, 11) is 1.76. The fourth-order valence-corrected chi connectivity index (χ4v) is 2.98. The van der Waals surface area contributed by atoms with E-state index in [0.717, 1.165) is 43.7 Å². The first kappa shape index (κ1) is 20.8. The van der Waals surface area contributed by atoms with E-state index in [2.05, 4.69) is 46.0 Å². The van der Waals surface area contributed by atoms with Gasteiger partial charge in [0.2, 0.25) is 5.95 Å². The van der Waals surface area contributed by atoms with E-state index >= 15 is 0 Å². The highest BCUT2D eigenvalue weighted by atomic mass is 127. The SMILES string of the molecule is CN=C(NCc1ccc(Br)c(F)c1)N1CCN(c2ncccn2)CC1.I. The van der Waals surface area contributed by atoms with Crippen molar-refractivity contribution in [1.82, 2.24) is 20.2 Å². The van der Waals surface area contributed by atoms with Crippen LogP contribution in [-0.4, -0.2) is 54.1 Å². The Hall–Kier alpha value is -1.49. The molecule has 1 aliphatic rings. The third kappa shape index (κ3) is 5.26. The number of anilines is 1. The zero-order chi connectivity index (χ0) is 17.6. The van der Waals surface area contributed by atoms with E-state index < -0.39 is 0 Å². The molecule has 6 nitrogen and oxygen atoms in total. The molecule has 0 amide bonds. The van der Waals surface area contributed by atoms with Crippen molar-refractivity contribution in [2.24, 2.45) is 4.99 Å². The number of nitrogens with one attached hydrogen (secondary N) is 1. The lowest BCUT2D eigenvalue weighted by atomic mass is 10.2. The Morgan fingerprint density at radius 1 is 1.23 bits per heavy atom. The number of halogens is 3. The quantitative estimate of drug-likeness (QED) is 0.373. The van der Waals surface area contributed by atoms with Gasteiger partial charge in [0.05, 0.1) is 4.47 Å². The van der Waals surface area contributed by atoms with Gasteiger partial charge in [-0.1, -0.05) is 6.07 Å². The molecule has 0 aliphatic carbocycles. The van der Waals surface area contributed by atoms with E-state index in [0.29, 0.717) is 11.0 Å². The molecule has 140 valence electrons. The lowest BCUT2D eigenvalue weighted by Gasteiger charge is -2.36. The topological polar surface area (TPSA) is 56.7 Å². The van der Waals surface area contributed by atoms with Crippen LogP contribution >= 0.6 is 39.9 Å².